The van der Waals surface area contributed by atoms with Crippen molar-refractivity contribution in [3.05, 3.63) is 35.9 Å². The molecule has 1 aromatic rings. The SMILES string of the molecule is CC(C)CN(N)CCN(CC(C)C)NC(=O)c1ccccc1. The Labute approximate surface area is 134 Å². The molecule has 0 saturated heterocycles. The second kappa shape index (κ2) is 9.56. The number of amides is 1. The van der Waals surface area contributed by atoms with E-state index in [0.29, 0.717) is 23.9 Å². The molecule has 1 amide bonds. The lowest BCUT2D eigenvalue weighted by Gasteiger charge is -2.27. The number of hydrogen-bond donors (Lipinski definition) is 2. The monoisotopic (exact) mass is 306 g/mol. The van der Waals surface area contributed by atoms with Gasteiger partial charge in [0.1, 0.15) is 0 Å². The Morgan fingerprint density at radius 2 is 1.64 bits per heavy atom. The summed E-state index contributed by atoms with van der Waals surface area (Å²) < 4.78 is 0. The van der Waals surface area contributed by atoms with Crippen LogP contribution in [0, 0.1) is 11.8 Å². The molecule has 0 atom stereocenters. The van der Waals surface area contributed by atoms with Crippen molar-refractivity contribution in [2.45, 2.75) is 27.7 Å². The fourth-order valence-electron chi connectivity index (χ4n) is 2.24. The quantitative estimate of drug-likeness (QED) is 0.542. The molecule has 0 aliphatic carbocycles. The minimum atomic E-state index is -0.0753. The molecule has 0 bridgehead atoms. The Hall–Kier alpha value is -1.43. The van der Waals surface area contributed by atoms with Gasteiger partial charge in [-0.3, -0.25) is 16.1 Å². The molecule has 5 nitrogen and oxygen atoms in total. The van der Waals surface area contributed by atoms with E-state index in [2.05, 4.69) is 33.1 Å². The fraction of sp³-hybridized carbons (Fsp3) is 0.588. The summed E-state index contributed by atoms with van der Waals surface area (Å²) in [6.07, 6.45) is 0. The predicted molar refractivity (Wildman–Crippen MR) is 90.9 cm³/mol. The number of carbonyl (C=O) groups excluding carboxylic acids is 1. The molecule has 22 heavy (non-hydrogen) atoms. The van der Waals surface area contributed by atoms with E-state index in [0.717, 1.165) is 19.6 Å². The number of nitrogens with one attached hydrogen (secondary N) is 1. The van der Waals surface area contributed by atoms with Crippen LogP contribution >= 0.6 is 0 Å². The molecule has 124 valence electrons. The number of rotatable bonds is 9. The molecule has 0 radical (unpaired) electrons. The van der Waals surface area contributed by atoms with Crippen LogP contribution in [0.25, 0.3) is 0 Å². The molecule has 0 aliphatic rings. The summed E-state index contributed by atoms with van der Waals surface area (Å²) in [5.74, 6) is 6.91. The van der Waals surface area contributed by atoms with Gasteiger partial charge in [-0.15, -0.1) is 0 Å². The van der Waals surface area contributed by atoms with Gasteiger partial charge in [0.2, 0.25) is 0 Å². The Bertz CT molecular complexity index is 434. The van der Waals surface area contributed by atoms with Crippen LogP contribution in [0.3, 0.4) is 0 Å². The highest BCUT2D eigenvalue weighted by Crippen LogP contribution is 2.02. The largest absolute Gasteiger partial charge is 0.285 e. The molecule has 5 heteroatoms. The van der Waals surface area contributed by atoms with Crippen LogP contribution in [0.15, 0.2) is 30.3 Å². The second-order valence-corrected chi connectivity index (χ2v) is 6.54. The summed E-state index contributed by atoms with van der Waals surface area (Å²) in [5, 5.41) is 3.77. The molecule has 0 spiro atoms. The normalized spacial score (nSPS) is 11.7. The fourth-order valence-corrected chi connectivity index (χ4v) is 2.24. The lowest BCUT2D eigenvalue weighted by atomic mass is 10.2. The molecule has 0 aliphatic heterocycles. The van der Waals surface area contributed by atoms with Gasteiger partial charge < -0.3 is 0 Å². The average Bonchev–Trinajstić information content (AvgIpc) is 2.44. The van der Waals surface area contributed by atoms with Gasteiger partial charge in [-0.05, 0) is 24.0 Å². The van der Waals surface area contributed by atoms with E-state index in [1.54, 1.807) is 0 Å². The first kappa shape index (κ1) is 18.6. The summed E-state index contributed by atoms with van der Waals surface area (Å²) >= 11 is 0. The predicted octanol–water partition coefficient (Wildman–Crippen LogP) is 2.12. The highest BCUT2D eigenvalue weighted by Gasteiger charge is 2.13. The first-order valence-corrected chi connectivity index (χ1v) is 7.99. The van der Waals surface area contributed by atoms with Crippen LogP contribution in [0.4, 0.5) is 0 Å². The first-order chi connectivity index (χ1) is 10.4. The molecule has 0 saturated carbocycles. The maximum Gasteiger partial charge on any atom is 0.265 e. The van der Waals surface area contributed by atoms with Crippen LogP contribution in [-0.2, 0) is 0 Å². The summed E-state index contributed by atoms with van der Waals surface area (Å²) in [7, 11) is 0. The van der Waals surface area contributed by atoms with Gasteiger partial charge in [-0.2, -0.15) is 0 Å². The topological polar surface area (TPSA) is 61.6 Å². The summed E-state index contributed by atoms with van der Waals surface area (Å²) in [5.41, 5.74) is 3.65. The van der Waals surface area contributed by atoms with Gasteiger partial charge in [0.05, 0.1) is 0 Å². The van der Waals surface area contributed by atoms with Crippen LogP contribution < -0.4 is 11.3 Å². The Balaban J connectivity index is 2.55. The van der Waals surface area contributed by atoms with E-state index in [-0.39, 0.29) is 5.91 Å². The van der Waals surface area contributed by atoms with E-state index in [4.69, 9.17) is 5.84 Å². The number of nitrogens with zero attached hydrogens (tertiary/aromatic N) is 2. The average molecular weight is 306 g/mol. The van der Waals surface area contributed by atoms with Crippen molar-refractivity contribution < 1.29 is 4.79 Å². The van der Waals surface area contributed by atoms with Crippen molar-refractivity contribution in [2.75, 3.05) is 26.2 Å². The number of nitrogens with two attached hydrogens (primary N) is 1. The first-order valence-electron chi connectivity index (χ1n) is 7.99. The van der Waals surface area contributed by atoms with E-state index >= 15 is 0 Å². The van der Waals surface area contributed by atoms with Crippen LogP contribution in [0.2, 0.25) is 0 Å². The molecule has 0 fully saturated rings. The van der Waals surface area contributed by atoms with E-state index in [9.17, 15) is 4.79 Å². The summed E-state index contributed by atoms with van der Waals surface area (Å²) in [6.45, 7) is 11.6. The Kier molecular flexibility index (Phi) is 8.09. The lowest BCUT2D eigenvalue weighted by Crippen LogP contribution is -2.49. The molecule has 0 heterocycles. The zero-order valence-electron chi connectivity index (χ0n) is 14.2. The van der Waals surface area contributed by atoms with Gasteiger partial charge in [0.25, 0.3) is 5.91 Å². The van der Waals surface area contributed by atoms with Crippen LogP contribution in [-0.4, -0.2) is 42.1 Å². The molecular weight excluding hydrogens is 276 g/mol. The van der Waals surface area contributed by atoms with Gasteiger partial charge in [0, 0.05) is 31.7 Å². The third kappa shape index (κ3) is 7.54. The zero-order valence-corrected chi connectivity index (χ0v) is 14.2. The van der Waals surface area contributed by atoms with Crippen molar-refractivity contribution in [1.82, 2.24) is 15.4 Å². The van der Waals surface area contributed by atoms with Gasteiger partial charge in [0.15, 0.2) is 0 Å². The van der Waals surface area contributed by atoms with Crippen molar-refractivity contribution in [2.24, 2.45) is 17.7 Å². The number of carbonyl (C=O) groups is 1. The minimum absolute atomic E-state index is 0.0753. The van der Waals surface area contributed by atoms with Gasteiger partial charge in [-0.25, -0.2) is 10.0 Å². The highest BCUT2D eigenvalue weighted by atomic mass is 16.2. The third-order valence-corrected chi connectivity index (χ3v) is 3.14. The lowest BCUT2D eigenvalue weighted by molar-refractivity contribution is 0.0732. The Morgan fingerprint density at radius 1 is 1.05 bits per heavy atom. The van der Waals surface area contributed by atoms with E-state index < -0.39 is 0 Å². The van der Waals surface area contributed by atoms with Gasteiger partial charge in [-0.1, -0.05) is 45.9 Å². The molecule has 1 aromatic carbocycles. The number of hydrazine groups is 2. The maximum absolute atomic E-state index is 12.3. The third-order valence-electron chi connectivity index (χ3n) is 3.14. The minimum Gasteiger partial charge on any atom is -0.285 e. The summed E-state index contributed by atoms with van der Waals surface area (Å²) in [6, 6.07) is 9.27. The van der Waals surface area contributed by atoms with Crippen molar-refractivity contribution in [3.8, 4) is 0 Å². The molecule has 3 N–H and O–H groups in total. The van der Waals surface area contributed by atoms with Crippen molar-refractivity contribution in [3.63, 3.8) is 0 Å². The zero-order chi connectivity index (χ0) is 16.5. The molecule has 1 rings (SSSR count). The smallest absolute Gasteiger partial charge is 0.265 e. The molecule has 0 unspecified atom stereocenters. The highest BCUT2D eigenvalue weighted by molar-refractivity contribution is 5.93. The standard InChI is InChI=1S/C17H30N4O/c1-14(2)12-20(18)10-11-21(13-15(3)4)19-17(22)16-8-6-5-7-9-16/h5-9,14-15H,10-13,18H2,1-4H3,(H,19,22). The van der Waals surface area contributed by atoms with Crippen molar-refractivity contribution >= 4 is 5.91 Å². The molecule has 0 aromatic heterocycles. The maximum atomic E-state index is 12.3. The van der Waals surface area contributed by atoms with Crippen molar-refractivity contribution in [1.29, 1.82) is 0 Å². The second-order valence-electron chi connectivity index (χ2n) is 6.54. The van der Waals surface area contributed by atoms with Gasteiger partial charge >= 0.3 is 0 Å². The van der Waals surface area contributed by atoms with E-state index in [1.807, 2.05) is 40.3 Å². The number of hydrogen-bond acceptors (Lipinski definition) is 4. The van der Waals surface area contributed by atoms with Crippen LogP contribution in [0.1, 0.15) is 38.1 Å². The Morgan fingerprint density at radius 3 is 2.18 bits per heavy atom. The van der Waals surface area contributed by atoms with Crippen LogP contribution in [0.5, 0.6) is 0 Å². The number of benzene rings is 1. The summed E-state index contributed by atoms with van der Waals surface area (Å²) in [4.78, 5) is 12.3. The molecular formula is C17H30N4O. The van der Waals surface area contributed by atoms with E-state index in [1.165, 1.54) is 0 Å².